The minimum absolute atomic E-state index is 0.534. The number of benzene rings is 1. The van der Waals surface area contributed by atoms with Crippen molar-refractivity contribution in [2.24, 2.45) is 5.92 Å². The van der Waals surface area contributed by atoms with Gasteiger partial charge in [0.2, 0.25) is 5.95 Å². The topological polar surface area (TPSA) is 37.8 Å². The lowest BCUT2D eigenvalue weighted by atomic mass is 9.87. The molecule has 1 aromatic carbocycles. The normalized spacial score (nSPS) is 22.0. The molecule has 0 unspecified atom stereocenters. The van der Waals surface area contributed by atoms with E-state index in [4.69, 9.17) is 0 Å². The first-order valence-corrected chi connectivity index (χ1v) is 7.86. The van der Waals surface area contributed by atoms with Gasteiger partial charge in [-0.05, 0) is 44.1 Å². The molecule has 1 aliphatic carbocycles. The highest BCUT2D eigenvalue weighted by atomic mass is 15.1. The fraction of sp³-hybridized carbons (Fsp3) is 0.444. The maximum atomic E-state index is 4.47. The highest BCUT2D eigenvalue weighted by Gasteiger charge is 2.18. The van der Waals surface area contributed by atoms with Crippen molar-refractivity contribution < 1.29 is 0 Å². The van der Waals surface area contributed by atoms with E-state index in [0.717, 1.165) is 17.4 Å². The Morgan fingerprint density at radius 1 is 0.905 bits per heavy atom. The Kier molecular flexibility index (Phi) is 4.18. The molecule has 2 aromatic rings. The summed E-state index contributed by atoms with van der Waals surface area (Å²) < 4.78 is 0. The van der Waals surface area contributed by atoms with Gasteiger partial charge in [-0.1, -0.05) is 36.8 Å². The third-order valence-corrected chi connectivity index (χ3v) is 4.39. The maximum absolute atomic E-state index is 4.47. The van der Waals surface area contributed by atoms with Crippen molar-refractivity contribution in [3.8, 4) is 11.1 Å². The minimum Gasteiger partial charge on any atom is -0.351 e. The van der Waals surface area contributed by atoms with E-state index in [0.29, 0.717) is 6.04 Å². The van der Waals surface area contributed by atoms with Crippen molar-refractivity contribution in [1.82, 2.24) is 9.97 Å². The molecule has 1 fully saturated rings. The predicted octanol–water partition coefficient (Wildman–Crippen LogP) is 4.44. The second kappa shape index (κ2) is 6.25. The van der Waals surface area contributed by atoms with Crippen LogP contribution in [0.2, 0.25) is 0 Å². The van der Waals surface area contributed by atoms with E-state index in [1.165, 1.54) is 36.8 Å². The molecular formula is C18H23N3. The lowest BCUT2D eigenvalue weighted by Crippen LogP contribution is -2.26. The predicted molar refractivity (Wildman–Crippen MR) is 87.2 cm³/mol. The molecule has 1 aromatic heterocycles. The van der Waals surface area contributed by atoms with Gasteiger partial charge in [0, 0.05) is 24.0 Å². The van der Waals surface area contributed by atoms with Gasteiger partial charge in [0.1, 0.15) is 0 Å². The molecule has 110 valence electrons. The monoisotopic (exact) mass is 281 g/mol. The summed E-state index contributed by atoms with van der Waals surface area (Å²) in [5.41, 5.74) is 3.50. The van der Waals surface area contributed by atoms with Crippen LogP contribution in [0.1, 0.15) is 38.2 Å². The van der Waals surface area contributed by atoms with Gasteiger partial charge in [-0.3, -0.25) is 0 Å². The largest absolute Gasteiger partial charge is 0.351 e. The summed E-state index contributed by atoms with van der Waals surface area (Å²) in [6.07, 6.45) is 8.88. The number of anilines is 1. The number of hydrogen-bond acceptors (Lipinski definition) is 3. The average molecular weight is 281 g/mol. The van der Waals surface area contributed by atoms with E-state index in [1.54, 1.807) is 0 Å². The van der Waals surface area contributed by atoms with Crippen LogP contribution in [0.5, 0.6) is 0 Å². The summed E-state index contributed by atoms with van der Waals surface area (Å²) in [5, 5.41) is 3.47. The van der Waals surface area contributed by atoms with Crippen LogP contribution in [0.4, 0.5) is 5.95 Å². The van der Waals surface area contributed by atoms with Gasteiger partial charge in [0.15, 0.2) is 0 Å². The number of nitrogens with one attached hydrogen (secondary N) is 1. The molecule has 1 heterocycles. The Morgan fingerprint density at radius 3 is 2.14 bits per heavy atom. The minimum atomic E-state index is 0.534. The number of rotatable bonds is 3. The standard InChI is InChI=1S/C18H23N3/c1-13-3-7-15(8-4-13)16-11-19-18(20-12-16)21-17-9-5-14(2)6-10-17/h3-4,7-8,11-12,14,17H,5-6,9-10H2,1-2H3,(H,19,20,21). The zero-order valence-electron chi connectivity index (χ0n) is 12.8. The van der Waals surface area contributed by atoms with Crippen LogP contribution in [-0.2, 0) is 0 Å². The smallest absolute Gasteiger partial charge is 0.222 e. The van der Waals surface area contributed by atoms with Crippen LogP contribution < -0.4 is 5.32 Å². The number of nitrogens with zero attached hydrogens (tertiary/aromatic N) is 2. The molecule has 1 saturated carbocycles. The maximum Gasteiger partial charge on any atom is 0.222 e. The zero-order valence-corrected chi connectivity index (χ0v) is 12.8. The first-order chi connectivity index (χ1) is 10.2. The van der Waals surface area contributed by atoms with Crippen molar-refractivity contribution in [2.45, 2.75) is 45.6 Å². The average Bonchev–Trinajstić information content (AvgIpc) is 2.51. The van der Waals surface area contributed by atoms with Gasteiger partial charge in [0.25, 0.3) is 0 Å². The number of hydrogen-bond donors (Lipinski definition) is 1. The quantitative estimate of drug-likeness (QED) is 0.903. The van der Waals surface area contributed by atoms with Gasteiger partial charge in [-0.15, -0.1) is 0 Å². The molecule has 0 spiro atoms. The second-order valence-corrected chi connectivity index (χ2v) is 6.26. The fourth-order valence-corrected chi connectivity index (χ4v) is 2.88. The van der Waals surface area contributed by atoms with Crippen LogP contribution in [0.25, 0.3) is 11.1 Å². The van der Waals surface area contributed by atoms with Crippen LogP contribution in [0.3, 0.4) is 0 Å². The van der Waals surface area contributed by atoms with Crippen LogP contribution in [0, 0.1) is 12.8 Å². The molecule has 0 radical (unpaired) electrons. The Bertz CT molecular complexity index is 566. The first-order valence-electron chi connectivity index (χ1n) is 7.86. The molecule has 0 amide bonds. The van der Waals surface area contributed by atoms with Crippen molar-refractivity contribution in [3.05, 3.63) is 42.2 Å². The molecule has 21 heavy (non-hydrogen) atoms. The van der Waals surface area contributed by atoms with Gasteiger partial charge in [0.05, 0.1) is 0 Å². The molecule has 3 nitrogen and oxygen atoms in total. The fourth-order valence-electron chi connectivity index (χ4n) is 2.88. The number of aryl methyl sites for hydroxylation is 1. The van der Waals surface area contributed by atoms with Gasteiger partial charge in [-0.25, -0.2) is 9.97 Å². The molecule has 0 saturated heterocycles. The number of aromatic nitrogens is 2. The van der Waals surface area contributed by atoms with E-state index in [1.807, 2.05) is 12.4 Å². The Labute approximate surface area is 126 Å². The molecule has 0 aliphatic heterocycles. The van der Waals surface area contributed by atoms with Crippen molar-refractivity contribution in [2.75, 3.05) is 5.32 Å². The third kappa shape index (κ3) is 3.60. The lowest BCUT2D eigenvalue weighted by molar-refractivity contribution is 0.360. The first kappa shape index (κ1) is 14.1. The van der Waals surface area contributed by atoms with Crippen LogP contribution >= 0.6 is 0 Å². The summed E-state index contributed by atoms with van der Waals surface area (Å²) in [6.45, 7) is 4.43. The van der Waals surface area contributed by atoms with Gasteiger partial charge < -0.3 is 5.32 Å². The van der Waals surface area contributed by atoms with Gasteiger partial charge >= 0.3 is 0 Å². The Balaban J connectivity index is 1.65. The van der Waals surface area contributed by atoms with Crippen LogP contribution in [0.15, 0.2) is 36.7 Å². The molecule has 3 heteroatoms. The van der Waals surface area contributed by atoms with E-state index in [2.05, 4.69) is 53.4 Å². The SMILES string of the molecule is Cc1ccc(-c2cnc(NC3CCC(C)CC3)nc2)cc1. The van der Waals surface area contributed by atoms with E-state index in [-0.39, 0.29) is 0 Å². The molecule has 0 atom stereocenters. The Hall–Kier alpha value is -1.90. The molecule has 3 rings (SSSR count). The highest BCUT2D eigenvalue weighted by molar-refractivity contribution is 5.62. The van der Waals surface area contributed by atoms with E-state index < -0.39 is 0 Å². The molecule has 0 bridgehead atoms. The summed E-state index contributed by atoms with van der Waals surface area (Å²) in [5.74, 6) is 1.62. The van der Waals surface area contributed by atoms with Gasteiger partial charge in [-0.2, -0.15) is 0 Å². The Morgan fingerprint density at radius 2 is 1.52 bits per heavy atom. The van der Waals surface area contributed by atoms with Crippen LogP contribution in [-0.4, -0.2) is 16.0 Å². The summed E-state index contributed by atoms with van der Waals surface area (Å²) in [4.78, 5) is 8.94. The molecule has 1 N–H and O–H groups in total. The lowest BCUT2D eigenvalue weighted by Gasteiger charge is -2.26. The third-order valence-electron chi connectivity index (χ3n) is 4.39. The molecular weight excluding hydrogens is 258 g/mol. The summed E-state index contributed by atoms with van der Waals surface area (Å²) in [7, 11) is 0. The van der Waals surface area contributed by atoms with Crippen molar-refractivity contribution >= 4 is 5.95 Å². The molecule has 1 aliphatic rings. The summed E-state index contributed by atoms with van der Waals surface area (Å²) in [6, 6.07) is 8.99. The van der Waals surface area contributed by atoms with Crippen molar-refractivity contribution in [1.29, 1.82) is 0 Å². The van der Waals surface area contributed by atoms with Crippen molar-refractivity contribution in [3.63, 3.8) is 0 Å². The van der Waals surface area contributed by atoms with E-state index >= 15 is 0 Å². The summed E-state index contributed by atoms with van der Waals surface area (Å²) >= 11 is 0. The second-order valence-electron chi connectivity index (χ2n) is 6.26. The van der Waals surface area contributed by atoms with E-state index in [9.17, 15) is 0 Å². The highest BCUT2D eigenvalue weighted by Crippen LogP contribution is 2.25. The zero-order chi connectivity index (χ0) is 14.7.